The second-order valence-electron chi connectivity index (χ2n) is 4.28. The third-order valence-corrected chi connectivity index (χ3v) is 3.10. The van der Waals surface area contributed by atoms with Crippen molar-refractivity contribution >= 4 is 11.9 Å². The monoisotopic (exact) mass is 242 g/mol. The average molecular weight is 242 g/mol. The first kappa shape index (κ1) is 12.2. The molecule has 1 aromatic carbocycles. The first-order chi connectivity index (χ1) is 8.61. The molecule has 18 heavy (non-hydrogen) atoms. The number of likely N-dealkylation sites (tertiary alicyclic amines) is 1. The van der Waals surface area contributed by atoms with Crippen molar-refractivity contribution in [3.8, 4) is 5.92 Å². The van der Waals surface area contributed by atoms with Crippen LogP contribution in [0.25, 0.3) is 0 Å². The number of hydrogen-bond donors (Lipinski definition) is 1. The van der Waals surface area contributed by atoms with Crippen LogP contribution in [0.3, 0.4) is 0 Å². The lowest BCUT2D eigenvalue weighted by Crippen LogP contribution is -2.29. The van der Waals surface area contributed by atoms with E-state index in [0.717, 1.165) is 0 Å². The van der Waals surface area contributed by atoms with Crippen LogP contribution in [0, 0.1) is 18.3 Å². The molecule has 1 aromatic rings. The average Bonchev–Trinajstić information content (AvgIpc) is 2.88. The molecule has 0 saturated carbocycles. The molecule has 1 amide bonds. The third-order valence-electron chi connectivity index (χ3n) is 3.10. The van der Waals surface area contributed by atoms with Gasteiger partial charge in [0.15, 0.2) is 0 Å². The summed E-state index contributed by atoms with van der Waals surface area (Å²) in [7, 11) is 0. The highest BCUT2D eigenvalue weighted by Crippen LogP contribution is 2.19. The van der Waals surface area contributed by atoms with E-state index in [1.165, 1.54) is 0 Å². The van der Waals surface area contributed by atoms with Crippen LogP contribution < -0.4 is 0 Å². The molecule has 1 aliphatic rings. The number of carboxylic acid groups (broad SMARTS) is 1. The summed E-state index contributed by atoms with van der Waals surface area (Å²) in [5.74, 6) is 0.771. The van der Waals surface area contributed by atoms with Gasteiger partial charge in [0, 0.05) is 24.2 Å². The Hall–Kier alpha value is -2.28. The fourth-order valence-corrected chi connectivity index (χ4v) is 2.03. The molecular formula is C14H12NO3. The molecule has 0 aliphatic carbocycles. The van der Waals surface area contributed by atoms with Crippen LogP contribution >= 0.6 is 0 Å². The van der Waals surface area contributed by atoms with Gasteiger partial charge in [0.1, 0.15) is 0 Å². The quantitative estimate of drug-likeness (QED) is 0.792. The minimum absolute atomic E-state index is 0.157. The number of carboxylic acids is 1. The maximum atomic E-state index is 12.1. The second kappa shape index (κ2) is 4.92. The van der Waals surface area contributed by atoms with Crippen LogP contribution in [0.2, 0.25) is 0 Å². The maximum absolute atomic E-state index is 12.1. The second-order valence-corrected chi connectivity index (χ2v) is 4.28. The zero-order valence-corrected chi connectivity index (χ0v) is 9.72. The number of hydrogen-bond acceptors (Lipinski definition) is 2. The molecule has 1 atom stereocenters. The molecule has 0 spiro atoms. The van der Waals surface area contributed by atoms with Gasteiger partial charge >= 0.3 is 5.97 Å². The number of carbonyl (C=O) groups excluding carboxylic acids is 1. The molecule has 1 unspecified atom stereocenters. The van der Waals surface area contributed by atoms with Gasteiger partial charge in [0.05, 0.1) is 5.92 Å². The lowest BCUT2D eigenvalue weighted by molar-refractivity contribution is -0.141. The molecule has 1 fully saturated rings. The van der Waals surface area contributed by atoms with E-state index < -0.39 is 11.9 Å². The Morgan fingerprint density at radius 2 is 2.00 bits per heavy atom. The van der Waals surface area contributed by atoms with Crippen molar-refractivity contribution in [3.63, 3.8) is 0 Å². The van der Waals surface area contributed by atoms with Crippen molar-refractivity contribution in [2.75, 3.05) is 13.1 Å². The number of rotatable bonds is 2. The summed E-state index contributed by atoms with van der Waals surface area (Å²) >= 11 is 0. The number of nitrogens with zero attached hydrogens (tertiary/aromatic N) is 1. The van der Waals surface area contributed by atoms with Crippen LogP contribution in [0.4, 0.5) is 0 Å². The Balaban J connectivity index is 2.08. The highest BCUT2D eigenvalue weighted by Gasteiger charge is 2.31. The van der Waals surface area contributed by atoms with Gasteiger partial charge in [-0.05, 0) is 37.1 Å². The molecule has 1 N–H and O–H groups in total. The first-order valence-corrected chi connectivity index (χ1v) is 5.66. The molecule has 1 heterocycles. The smallest absolute Gasteiger partial charge is 0.308 e. The zero-order chi connectivity index (χ0) is 13.1. The largest absolute Gasteiger partial charge is 0.481 e. The zero-order valence-electron chi connectivity index (χ0n) is 9.72. The molecule has 4 nitrogen and oxygen atoms in total. The Labute approximate surface area is 105 Å². The SMILES string of the molecule is [C]#Cc1ccc(C(=O)N2CCC(C(=O)O)C2)cc1. The Morgan fingerprint density at radius 3 is 2.50 bits per heavy atom. The van der Waals surface area contributed by atoms with Crippen molar-refractivity contribution in [1.29, 1.82) is 0 Å². The molecule has 4 heteroatoms. The van der Waals surface area contributed by atoms with E-state index in [0.29, 0.717) is 24.1 Å². The normalized spacial score (nSPS) is 18.4. The molecular weight excluding hydrogens is 230 g/mol. The van der Waals surface area contributed by atoms with Crippen LogP contribution in [0.5, 0.6) is 0 Å². The van der Waals surface area contributed by atoms with Crippen LogP contribution in [-0.4, -0.2) is 35.0 Å². The standard InChI is InChI=1S/C14H12NO3/c1-2-10-3-5-11(6-4-10)13(16)15-8-7-12(9-15)14(17)18/h3-6,12H,7-9H2,(H,17,18). The Bertz CT molecular complexity index is 513. The van der Waals surface area contributed by atoms with Gasteiger partial charge in [0.25, 0.3) is 5.91 Å². The maximum Gasteiger partial charge on any atom is 0.308 e. The molecule has 1 saturated heterocycles. The summed E-state index contributed by atoms with van der Waals surface area (Å²) in [5.41, 5.74) is 1.12. The number of aliphatic carboxylic acids is 1. The summed E-state index contributed by atoms with van der Waals surface area (Å²) in [6.07, 6.45) is 7.46. The van der Waals surface area contributed by atoms with Crippen molar-refractivity contribution < 1.29 is 14.7 Å². The van der Waals surface area contributed by atoms with Crippen LogP contribution in [-0.2, 0) is 4.79 Å². The summed E-state index contributed by atoms with van der Waals surface area (Å²) in [6, 6.07) is 6.55. The van der Waals surface area contributed by atoms with Gasteiger partial charge in [0.2, 0.25) is 0 Å². The van der Waals surface area contributed by atoms with E-state index in [1.807, 2.05) is 0 Å². The number of amides is 1. The van der Waals surface area contributed by atoms with Gasteiger partial charge in [-0.25, -0.2) is 0 Å². The van der Waals surface area contributed by atoms with Gasteiger partial charge < -0.3 is 10.0 Å². The van der Waals surface area contributed by atoms with E-state index in [-0.39, 0.29) is 12.5 Å². The minimum Gasteiger partial charge on any atom is -0.481 e. The fraction of sp³-hybridized carbons (Fsp3) is 0.286. The number of benzene rings is 1. The fourth-order valence-electron chi connectivity index (χ4n) is 2.03. The van der Waals surface area contributed by atoms with Gasteiger partial charge in [-0.15, -0.1) is 0 Å². The number of carbonyl (C=O) groups is 2. The van der Waals surface area contributed by atoms with Crippen molar-refractivity contribution in [2.45, 2.75) is 6.42 Å². The van der Waals surface area contributed by atoms with E-state index in [1.54, 1.807) is 29.2 Å². The molecule has 1 radical (unpaired) electrons. The van der Waals surface area contributed by atoms with Gasteiger partial charge in [-0.1, -0.05) is 5.92 Å². The Kier molecular flexibility index (Phi) is 3.33. The third kappa shape index (κ3) is 2.35. The lowest BCUT2D eigenvalue weighted by Gasteiger charge is -2.15. The summed E-state index contributed by atoms with van der Waals surface area (Å²) < 4.78 is 0. The van der Waals surface area contributed by atoms with Crippen LogP contribution in [0.1, 0.15) is 22.3 Å². The van der Waals surface area contributed by atoms with Crippen molar-refractivity contribution in [2.24, 2.45) is 5.92 Å². The van der Waals surface area contributed by atoms with Gasteiger partial charge in [-0.2, -0.15) is 0 Å². The molecule has 91 valence electrons. The molecule has 0 aromatic heterocycles. The van der Waals surface area contributed by atoms with E-state index in [2.05, 4.69) is 5.92 Å². The molecule has 0 bridgehead atoms. The summed E-state index contributed by atoms with van der Waals surface area (Å²) in [4.78, 5) is 24.5. The predicted octanol–water partition coefficient (Wildman–Crippen LogP) is 1.17. The predicted molar refractivity (Wildman–Crippen MR) is 64.3 cm³/mol. The van der Waals surface area contributed by atoms with E-state index >= 15 is 0 Å². The molecule has 1 aliphatic heterocycles. The van der Waals surface area contributed by atoms with E-state index in [9.17, 15) is 9.59 Å². The van der Waals surface area contributed by atoms with Crippen LogP contribution in [0.15, 0.2) is 24.3 Å². The molecule has 2 rings (SSSR count). The van der Waals surface area contributed by atoms with Crippen molar-refractivity contribution in [1.82, 2.24) is 4.90 Å². The van der Waals surface area contributed by atoms with E-state index in [4.69, 9.17) is 11.5 Å². The highest BCUT2D eigenvalue weighted by atomic mass is 16.4. The van der Waals surface area contributed by atoms with Gasteiger partial charge in [-0.3, -0.25) is 9.59 Å². The first-order valence-electron chi connectivity index (χ1n) is 5.66. The van der Waals surface area contributed by atoms with Crippen molar-refractivity contribution in [3.05, 3.63) is 41.8 Å². The topological polar surface area (TPSA) is 57.6 Å². The lowest BCUT2D eigenvalue weighted by atomic mass is 10.1. The summed E-state index contributed by atoms with van der Waals surface area (Å²) in [6.45, 7) is 0.751. The minimum atomic E-state index is -0.848. The summed E-state index contributed by atoms with van der Waals surface area (Å²) in [5, 5.41) is 8.88. The Morgan fingerprint density at radius 1 is 1.33 bits per heavy atom. The highest BCUT2D eigenvalue weighted by molar-refractivity contribution is 5.94.